The summed E-state index contributed by atoms with van der Waals surface area (Å²) in [5, 5.41) is 0. The Morgan fingerprint density at radius 2 is 2.00 bits per heavy atom. The quantitative estimate of drug-likeness (QED) is 0.557. The molecular weight excluding hydrogens is 192 g/mol. The fraction of sp³-hybridized carbons (Fsp3) is 0.333. The molecule has 1 aromatic carbocycles. The van der Waals surface area contributed by atoms with Gasteiger partial charge in [0.05, 0.1) is 12.7 Å². The van der Waals surface area contributed by atoms with Crippen molar-refractivity contribution in [3.8, 4) is 0 Å². The molecule has 0 saturated carbocycles. The third-order valence-electron chi connectivity index (χ3n) is 2.17. The molecule has 0 unspecified atom stereocenters. The number of methoxy groups -OCH3 is 1. The molecule has 0 fully saturated rings. The number of carbonyl (C=O) groups is 2. The number of esters is 1. The molecule has 15 heavy (non-hydrogen) atoms. The number of hydrogen-bond donors (Lipinski definition) is 0. The Morgan fingerprint density at radius 1 is 1.40 bits per heavy atom. The first-order valence-corrected chi connectivity index (χ1v) is 4.80. The molecule has 0 aliphatic carbocycles. The molecule has 0 saturated heterocycles. The van der Waals surface area contributed by atoms with Gasteiger partial charge in [-0.2, -0.15) is 0 Å². The zero-order valence-corrected chi connectivity index (χ0v) is 8.90. The first-order chi connectivity index (χ1) is 7.17. The van der Waals surface area contributed by atoms with Crippen molar-refractivity contribution in [2.24, 2.45) is 5.92 Å². The lowest BCUT2D eigenvalue weighted by atomic mass is 10.0. The predicted molar refractivity (Wildman–Crippen MR) is 56.7 cm³/mol. The average molecular weight is 206 g/mol. The molecule has 0 radical (unpaired) electrons. The highest BCUT2D eigenvalue weighted by Gasteiger charge is 2.05. The van der Waals surface area contributed by atoms with Crippen molar-refractivity contribution in [2.45, 2.75) is 13.3 Å². The Hall–Kier alpha value is -1.64. The van der Waals surface area contributed by atoms with Crippen LogP contribution in [-0.4, -0.2) is 19.4 Å². The predicted octanol–water partition coefficient (Wildman–Crippen LogP) is 1.85. The fourth-order valence-electron chi connectivity index (χ4n) is 1.31. The zero-order valence-electron chi connectivity index (χ0n) is 8.90. The van der Waals surface area contributed by atoms with Crippen LogP contribution in [0.2, 0.25) is 0 Å². The summed E-state index contributed by atoms with van der Waals surface area (Å²) in [6, 6.07) is 7.09. The van der Waals surface area contributed by atoms with Gasteiger partial charge in [0.25, 0.3) is 0 Å². The molecule has 0 amide bonds. The van der Waals surface area contributed by atoms with Crippen LogP contribution < -0.4 is 0 Å². The highest BCUT2D eigenvalue weighted by Crippen LogP contribution is 2.09. The molecule has 3 heteroatoms. The van der Waals surface area contributed by atoms with Crippen molar-refractivity contribution in [1.29, 1.82) is 0 Å². The summed E-state index contributed by atoms with van der Waals surface area (Å²) in [6.45, 7) is 1.86. The van der Waals surface area contributed by atoms with Gasteiger partial charge >= 0.3 is 5.97 Å². The summed E-state index contributed by atoms with van der Waals surface area (Å²) in [5.74, 6) is -0.334. The van der Waals surface area contributed by atoms with E-state index in [0.29, 0.717) is 12.0 Å². The van der Waals surface area contributed by atoms with E-state index < -0.39 is 0 Å². The summed E-state index contributed by atoms with van der Waals surface area (Å²) in [6.07, 6.45) is 1.62. The largest absolute Gasteiger partial charge is 0.465 e. The molecule has 3 nitrogen and oxygen atoms in total. The molecule has 1 aromatic rings. The summed E-state index contributed by atoms with van der Waals surface area (Å²) in [4.78, 5) is 21.6. The van der Waals surface area contributed by atoms with E-state index in [2.05, 4.69) is 4.74 Å². The van der Waals surface area contributed by atoms with Gasteiger partial charge in [0.1, 0.15) is 6.29 Å². The number of carbonyl (C=O) groups excluding carboxylic acids is 2. The van der Waals surface area contributed by atoms with Crippen LogP contribution in [0.4, 0.5) is 0 Å². The summed E-state index contributed by atoms with van der Waals surface area (Å²) in [7, 11) is 1.35. The summed E-state index contributed by atoms with van der Waals surface area (Å²) >= 11 is 0. The molecule has 0 aliphatic heterocycles. The highest BCUT2D eigenvalue weighted by atomic mass is 16.5. The van der Waals surface area contributed by atoms with E-state index in [1.54, 1.807) is 12.1 Å². The van der Waals surface area contributed by atoms with Crippen molar-refractivity contribution >= 4 is 12.3 Å². The second-order valence-corrected chi connectivity index (χ2v) is 3.51. The Balaban J connectivity index is 2.72. The molecule has 1 rings (SSSR count). The molecule has 0 bridgehead atoms. The minimum atomic E-state index is -0.343. The summed E-state index contributed by atoms with van der Waals surface area (Å²) in [5.41, 5.74) is 1.57. The zero-order chi connectivity index (χ0) is 11.3. The molecule has 1 atom stereocenters. The van der Waals surface area contributed by atoms with Gasteiger partial charge in [-0.3, -0.25) is 0 Å². The van der Waals surface area contributed by atoms with Gasteiger partial charge in [-0.25, -0.2) is 4.79 Å². The molecule has 0 N–H and O–H groups in total. The van der Waals surface area contributed by atoms with Gasteiger partial charge in [-0.15, -0.1) is 0 Å². The van der Waals surface area contributed by atoms with Crippen molar-refractivity contribution in [3.63, 3.8) is 0 Å². The van der Waals surface area contributed by atoms with Crippen LogP contribution in [0.15, 0.2) is 24.3 Å². The van der Waals surface area contributed by atoms with E-state index in [9.17, 15) is 9.59 Å². The standard InChI is InChI=1S/C12H14O3/c1-9(8-13)7-10-3-5-11(6-4-10)12(14)15-2/h3-6,8-9H,7H2,1-2H3/t9-/m1/s1. The normalized spacial score (nSPS) is 11.9. The first kappa shape index (κ1) is 11.4. The molecular formula is C12H14O3. The third-order valence-corrected chi connectivity index (χ3v) is 2.17. The fourth-order valence-corrected chi connectivity index (χ4v) is 1.31. The van der Waals surface area contributed by atoms with Crippen LogP contribution in [0, 0.1) is 5.92 Å². The topological polar surface area (TPSA) is 43.4 Å². The van der Waals surface area contributed by atoms with E-state index >= 15 is 0 Å². The van der Waals surface area contributed by atoms with Crippen LogP contribution in [-0.2, 0) is 16.0 Å². The second-order valence-electron chi connectivity index (χ2n) is 3.51. The number of aldehydes is 1. The number of ether oxygens (including phenoxy) is 1. The minimum Gasteiger partial charge on any atom is -0.465 e. The van der Waals surface area contributed by atoms with Crippen LogP contribution in [0.1, 0.15) is 22.8 Å². The van der Waals surface area contributed by atoms with Crippen molar-refractivity contribution in [1.82, 2.24) is 0 Å². The van der Waals surface area contributed by atoms with E-state index in [1.807, 2.05) is 19.1 Å². The molecule has 0 aromatic heterocycles. The average Bonchev–Trinajstić information content (AvgIpc) is 2.29. The Bertz CT molecular complexity index is 340. The number of rotatable bonds is 4. The Morgan fingerprint density at radius 3 is 2.47 bits per heavy atom. The monoisotopic (exact) mass is 206 g/mol. The van der Waals surface area contributed by atoms with Crippen LogP contribution in [0.5, 0.6) is 0 Å². The summed E-state index contributed by atoms with van der Waals surface area (Å²) < 4.78 is 4.58. The first-order valence-electron chi connectivity index (χ1n) is 4.80. The SMILES string of the molecule is COC(=O)c1ccc(C[C@@H](C)C=O)cc1. The highest BCUT2D eigenvalue weighted by molar-refractivity contribution is 5.89. The number of hydrogen-bond acceptors (Lipinski definition) is 3. The maximum absolute atomic E-state index is 11.1. The van der Waals surface area contributed by atoms with E-state index in [1.165, 1.54) is 7.11 Å². The second kappa shape index (κ2) is 5.29. The van der Waals surface area contributed by atoms with Crippen molar-refractivity contribution in [2.75, 3.05) is 7.11 Å². The number of benzene rings is 1. The molecule has 0 aliphatic rings. The van der Waals surface area contributed by atoms with Crippen molar-refractivity contribution < 1.29 is 14.3 Å². The molecule has 0 spiro atoms. The minimum absolute atomic E-state index is 0.00831. The van der Waals surface area contributed by atoms with E-state index in [-0.39, 0.29) is 11.9 Å². The van der Waals surface area contributed by atoms with Gasteiger partial charge in [-0.1, -0.05) is 19.1 Å². The van der Waals surface area contributed by atoms with E-state index in [0.717, 1.165) is 11.8 Å². The lowest BCUT2D eigenvalue weighted by Crippen LogP contribution is -2.03. The lowest BCUT2D eigenvalue weighted by molar-refractivity contribution is -0.110. The molecule has 80 valence electrons. The van der Waals surface area contributed by atoms with Gasteiger partial charge in [-0.05, 0) is 24.1 Å². The lowest BCUT2D eigenvalue weighted by Gasteiger charge is -2.04. The van der Waals surface area contributed by atoms with Gasteiger partial charge in [0, 0.05) is 5.92 Å². The van der Waals surface area contributed by atoms with Crippen LogP contribution in [0.3, 0.4) is 0 Å². The Labute approximate surface area is 89.1 Å². The molecule has 0 heterocycles. The van der Waals surface area contributed by atoms with Gasteiger partial charge in [0.15, 0.2) is 0 Å². The third kappa shape index (κ3) is 3.20. The smallest absolute Gasteiger partial charge is 0.337 e. The van der Waals surface area contributed by atoms with Crippen molar-refractivity contribution in [3.05, 3.63) is 35.4 Å². The van der Waals surface area contributed by atoms with E-state index in [4.69, 9.17) is 0 Å². The maximum Gasteiger partial charge on any atom is 0.337 e. The Kier molecular flexibility index (Phi) is 4.03. The maximum atomic E-state index is 11.1. The van der Waals surface area contributed by atoms with Gasteiger partial charge in [0.2, 0.25) is 0 Å². The van der Waals surface area contributed by atoms with Gasteiger partial charge < -0.3 is 9.53 Å². The van der Waals surface area contributed by atoms with Crippen LogP contribution in [0.25, 0.3) is 0 Å². The van der Waals surface area contributed by atoms with Crippen LogP contribution >= 0.6 is 0 Å².